The molecule has 1 aliphatic rings. The molecule has 13 heavy (non-hydrogen) atoms. The van der Waals surface area contributed by atoms with Gasteiger partial charge in [-0.25, -0.2) is 0 Å². The SMILES string of the molecule is C(=C\C1COCCN1)/c1ccno1. The molecule has 2 heterocycles. The van der Waals surface area contributed by atoms with Crippen LogP contribution >= 0.6 is 0 Å². The number of morpholine rings is 1. The second kappa shape index (κ2) is 4.20. The van der Waals surface area contributed by atoms with Crippen molar-refractivity contribution in [3.05, 3.63) is 24.1 Å². The first-order valence-corrected chi connectivity index (χ1v) is 4.35. The van der Waals surface area contributed by atoms with E-state index in [9.17, 15) is 0 Å². The molecule has 0 bridgehead atoms. The van der Waals surface area contributed by atoms with E-state index in [1.165, 1.54) is 0 Å². The number of nitrogens with one attached hydrogen (secondary N) is 1. The van der Waals surface area contributed by atoms with Crippen LogP contribution in [0.25, 0.3) is 6.08 Å². The summed E-state index contributed by atoms with van der Waals surface area (Å²) < 4.78 is 10.2. The molecule has 1 saturated heterocycles. The Morgan fingerprint density at radius 3 is 3.31 bits per heavy atom. The van der Waals surface area contributed by atoms with Gasteiger partial charge in [-0.15, -0.1) is 0 Å². The zero-order valence-corrected chi connectivity index (χ0v) is 7.27. The van der Waals surface area contributed by atoms with Gasteiger partial charge in [-0.05, 0) is 6.08 Å². The summed E-state index contributed by atoms with van der Waals surface area (Å²) in [6, 6.07) is 2.11. The maximum absolute atomic E-state index is 5.29. The lowest BCUT2D eigenvalue weighted by atomic mass is 10.2. The summed E-state index contributed by atoms with van der Waals surface area (Å²) in [4.78, 5) is 0. The van der Waals surface area contributed by atoms with Gasteiger partial charge in [-0.2, -0.15) is 0 Å². The van der Waals surface area contributed by atoms with Gasteiger partial charge in [-0.1, -0.05) is 11.2 Å². The predicted molar refractivity (Wildman–Crippen MR) is 48.1 cm³/mol. The number of ether oxygens (including phenoxy) is 1. The van der Waals surface area contributed by atoms with Crippen LogP contribution in [-0.4, -0.2) is 31.0 Å². The zero-order chi connectivity index (χ0) is 8.93. The highest BCUT2D eigenvalue weighted by molar-refractivity contribution is 5.42. The van der Waals surface area contributed by atoms with Crippen LogP contribution in [-0.2, 0) is 4.74 Å². The Balaban J connectivity index is 1.89. The topological polar surface area (TPSA) is 47.3 Å². The minimum absolute atomic E-state index is 0.291. The summed E-state index contributed by atoms with van der Waals surface area (Å²) >= 11 is 0. The van der Waals surface area contributed by atoms with Gasteiger partial charge in [0.15, 0.2) is 5.76 Å². The molecule has 1 aromatic heterocycles. The molecule has 1 aliphatic heterocycles. The molecule has 2 rings (SSSR count). The highest BCUT2D eigenvalue weighted by Crippen LogP contribution is 2.02. The van der Waals surface area contributed by atoms with Crippen molar-refractivity contribution in [3.63, 3.8) is 0 Å². The molecule has 70 valence electrons. The van der Waals surface area contributed by atoms with E-state index in [2.05, 4.69) is 10.5 Å². The summed E-state index contributed by atoms with van der Waals surface area (Å²) in [6.45, 7) is 2.43. The van der Waals surface area contributed by atoms with E-state index in [0.717, 1.165) is 25.5 Å². The van der Waals surface area contributed by atoms with Crippen LogP contribution < -0.4 is 5.32 Å². The van der Waals surface area contributed by atoms with Gasteiger partial charge >= 0.3 is 0 Å². The standard InChI is InChI=1S/C9H12N2O2/c1(2-9-3-4-11-13-9)8-7-12-6-5-10-8/h1-4,8,10H,5-7H2/b2-1+. The Morgan fingerprint density at radius 2 is 2.62 bits per heavy atom. The molecule has 0 aromatic carbocycles. The van der Waals surface area contributed by atoms with Crippen LogP contribution in [0, 0.1) is 0 Å². The molecule has 1 unspecified atom stereocenters. The minimum atomic E-state index is 0.291. The molecule has 1 fully saturated rings. The second-order valence-electron chi connectivity index (χ2n) is 2.91. The molecule has 1 atom stereocenters. The lowest BCUT2D eigenvalue weighted by molar-refractivity contribution is 0.0903. The van der Waals surface area contributed by atoms with Crippen molar-refractivity contribution in [3.8, 4) is 0 Å². The third kappa shape index (κ3) is 2.40. The summed E-state index contributed by atoms with van der Waals surface area (Å²) in [5.41, 5.74) is 0. The smallest absolute Gasteiger partial charge is 0.159 e. The molecular weight excluding hydrogens is 168 g/mol. The Labute approximate surface area is 76.6 Å². The van der Waals surface area contributed by atoms with E-state index < -0.39 is 0 Å². The Hall–Kier alpha value is -1.13. The zero-order valence-electron chi connectivity index (χ0n) is 7.27. The van der Waals surface area contributed by atoms with E-state index in [1.807, 2.05) is 18.2 Å². The van der Waals surface area contributed by atoms with Crippen LogP contribution in [0.5, 0.6) is 0 Å². The van der Waals surface area contributed by atoms with Crippen LogP contribution in [0.2, 0.25) is 0 Å². The quantitative estimate of drug-likeness (QED) is 0.727. The number of hydrogen-bond acceptors (Lipinski definition) is 4. The molecule has 1 N–H and O–H groups in total. The first kappa shape index (κ1) is 8.47. The summed E-state index contributed by atoms with van der Waals surface area (Å²) in [6.07, 6.45) is 5.56. The van der Waals surface area contributed by atoms with Crippen LogP contribution in [0.15, 0.2) is 22.9 Å². The van der Waals surface area contributed by atoms with E-state index in [-0.39, 0.29) is 0 Å². The Bertz CT molecular complexity index is 263. The van der Waals surface area contributed by atoms with E-state index in [0.29, 0.717) is 6.04 Å². The van der Waals surface area contributed by atoms with Gasteiger partial charge < -0.3 is 14.6 Å². The maximum Gasteiger partial charge on any atom is 0.159 e. The van der Waals surface area contributed by atoms with Gasteiger partial charge in [0, 0.05) is 18.7 Å². The molecule has 1 aromatic rings. The molecule has 0 radical (unpaired) electrons. The Kier molecular flexibility index (Phi) is 2.74. The molecule has 0 amide bonds. The normalized spacial score (nSPS) is 23.8. The lowest BCUT2D eigenvalue weighted by Crippen LogP contribution is -2.39. The first-order valence-electron chi connectivity index (χ1n) is 4.35. The van der Waals surface area contributed by atoms with Gasteiger partial charge in [0.25, 0.3) is 0 Å². The van der Waals surface area contributed by atoms with E-state index in [1.54, 1.807) is 6.20 Å². The van der Waals surface area contributed by atoms with E-state index in [4.69, 9.17) is 9.26 Å². The third-order valence-corrected chi connectivity index (χ3v) is 1.90. The molecule has 4 nitrogen and oxygen atoms in total. The van der Waals surface area contributed by atoms with Gasteiger partial charge in [0.1, 0.15) is 0 Å². The van der Waals surface area contributed by atoms with Crippen LogP contribution in [0.4, 0.5) is 0 Å². The predicted octanol–water partition coefficient (Wildman–Crippen LogP) is 0.676. The average molecular weight is 180 g/mol. The lowest BCUT2D eigenvalue weighted by Gasteiger charge is -2.20. The summed E-state index contributed by atoms with van der Waals surface area (Å²) in [5, 5.41) is 6.92. The van der Waals surface area contributed by atoms with Crippen molar-refractivity contribution in [1.29, 1.82) is 0 Å². The third-order valence-electron chi connectivity index (χ3n) is 1.90. The minimum Gasteiger partial charge on any atom is -0.378 e. The first-order chi connectivity index (χ1) is 6.45. The van der Waals surface area contributed by atoms with Crippen molar-refractivity contribution < 1.29 is 9.26 Å². The number of hydrogen-bond donors (Lipinski definition) is 1. The van der Waals surface area contributed by atoms with Crippen molar-refractivity contribution in [2.45, 2.75) is 6.04 Å². The maximum atomic E-state index is 5.29. The van der Waals surface area contributed by atoms with Crippen LogP contribution in [0.1, 0.15) is 5.76 Å². The van der Waals surface area contributed by atoms with Crippen LogP contribution in [0.3, 0.4) is 0 Å². The second-order valence-corrected chi connectivity index (χ2v) is 2.91. The van der Waals surface area contributed by atoms with Crippen molar-refractivity contribution in [1.82, 2.24) is 10.5 Å². The van der Waals surface area contributed by atoms with Crippen molar-refractivity contribution in [2.24, 2.45) is 0 Å². The summed E-state index contributed by atoms with van der Waals surface area (Å²) in [7, 11) is 0. The molecule has 0 saturated carbocycles. The highest BCUT2D eigenvalue weighted by atomic mass is 16.5. The number of nitrogens with zero attached hydrogens (tertiary/aromatic N) is 1. The largest absolute Gasteiger partial charge is 0.378 e. The van der Waals surface area contributed by atoms with Gasteiger partial charge in [0.05, 0.1) is 19.4 Å². The molecule has 0 aliphatic carbocycles. The molecule has 4 heteroatoms. The molecule has 0 spiro atoms. The fraction of sp³-hybridized carbons (Fsp3) is 0.444. The monoisotopic (exact) mass is 180 g/mol. The van der Waals surface area contributed by atoms with Crippen molar-refractivity contribution in [2.75, 3.05) is 19.8 Å². The fourth-order valence-corrected chi connectivity index (χ4v) is 1.23. The highest BCUT2D eigenvalue weighted by Gasteiger charge is 2.08. The van der Waals surface area contributed by atoms with Gasteiger partial charge in [0.2, 0.25) is 0 Å². The average Bonchev–Trinajstić information content (AvgIpc) is 2.69. The van der Waals surface area contributed by atoms with Gasteiger partial charge in [-0.3, -0.25) is 0 Å². The Morgan fingerprint density at radius 1 is 1.62 bits per heavy atom. The number of aromatic nitrogens is 1. The summed E-state index contributed by atoms with van der Waals surface area (Å²) in [5.74, 6) is 0.771. The van der Waals surface area contributed by atoms with E-state index >= 15 is 0 Å². The molecular formula is C9H12N2O2. The fourth-order valence-electron chi connectivity index (χ4n) is 1.23. The van der Waals surface area contributed by atoms with Crippen molar-refractivity contribution >= 4 is 6.08 Å². The number of rotatable bonds is 2.